The van der Waals surface area contributed by atoms with E-state index in [-0.39, 0.29) is 5.91 Å². The van der Waals surface area contributed by atoms with Crippen molar-refractivity contribution >= 4 is 39.0 Å². The molecule has 1 fully saturated rings. The first-order valence-electron chi connectivity index (χ1n) is 10.3. The van der Waals surface area contributed by atoms with Crippen molar-refractivity contribution in [2.45, 2.75) is 20.0 Å². The van der Waals surface area contributed by atoms with Crippen molar-refractivity contribution in [2.24, 2.45) is 0 Å². The second kappa shape index (κ2) is 7.65. The Bertz CT molecular complexity index is 1150. The fourth-order valence-corrected chi connectivity index (χ4v) is 5.15. The van der Waals surface area contributed by atoms with Crippen LogP contribution in [0.2, 0.25) is 0 Å². The minimum Gasteiger partial charge on any atom is -0.341 e. The normalized spacial score (nSPS) is 15.4. The van der Waals surface area contributed by atoms with Gasteiger partial charge in [0, 0.05) is 61.1 Å². The first-order chi connectivity index (χ1) is 14.2. The SMILES string of the molecule is CCn1c2ccccc2c2cc(CN3CCN(C(=O)c4cccs4)CC3)ccc21. The van der Waals surface area contributed by atoms with Crippen LogP contribution < -0.4 is 0 Å². The Kier molecular flexibility index (Phi) is 4.86. The van der Waals surface area contributed by atoms with Crippen LogP contribution in [0.5, 0.6) is 0 Å². The van der Waals surface area contributed by atoms with Crippen LogP contribution in [0.15, 0.2) is 60.0 Å². The van der Waals surface area contributed by atoms with E-state index >= 15 is 0 Å². The van der Waals surface area contributed by atoms with Gasteiger partial charge in [0.25, 0.3) is 5.91 Å². The Balaban J connectivity index is 1.32. The second-order valence-electron chi connectivity index (χ2n) is 7.66. The molecule has 1 aliphatic heterocycles. The number of nitrogens with zero attached hydrogens (tertiary/aromatic N) is 3. The highest BCUT2D eigenvalue weighted by Gasteiger charge is 2.22. The fraction of sp³-hybridized carbons (Fsp3) is 0.292. The van der Waals surface area contributed by atoms with Gasteiger partial charge in [-0.2, -0.15) is 0 Å². The zero-order chi connectivity index (χ0) is 19.8. The minimum absolute atomic E-state index is 0.174. The van der Waals surface area contributed by atoms with E-state index in [0.717, 1.165) is 44.1 Å². The van der Waals surface area contributed by atoms with Crippen LogP contribution in [0.4, 0.5) is 0 Å². The average Bonchev–Trinajstić information content (AvgIpc) is 3.40. The molecule has 1 saturated heterocycles. The molecular weight excluding hydrogens is 378 g/mol. The maximum Gasteiger partial charge on any atom is 0.264 e. The summed E-state index contributed by atoms with van der Waals surface area (Å²) in [5.41, 5.74) is 3.96. The Labute approximate surface area is 175 Å². The van der Waals surface area contributed by atoms with Gasteiger partial charge in [-0.1, -0.05) is 30.3 Å². The number of benzene rings is 2. The van der Waals surface area contributed by atoms with E-state index in [4.69, 9.17) is 0 Å². The third-order valence-electron chi connectivity index (χ3n) is 5.95. The monoisotopic (exact) mass is 403 g/mol. The lowest BCUT2D eigenvalue weighted by Gasteiger charge is -2.34. The first-order valence-corrected chi connectivity index (χ1v) is 11.2. The zero-order valence-corrected chi connectivity index (χ0v) is 17.5. The highest BCUT2D eigenvalue weighted by atomic mass is 32.1. The summed E-state index contributed by atoms with van der Waals surface area (Å²) in [5, 5.41) is 4.64. The fourth-order valence-electron chi connectivity index (χ4n) is 4.46. The number of hydrogen-bond donors (Lipinski definition) is 0. The number of thiophene rings is 1. The van der Waals surface area contributed by atoms with Crippen LogP contribution in [0.3, 0.4) is 0 Å². The molecule has 0 saturated carbocycles. The number of aromatic nitrogens is 1. The van der Waals surface area contributed by atoms with Crippen LogP contribution in [0, 0.1) is 0 Å². The standard InChI is InChI=1S/C24H25N3OS/c1-2-27-21-7-4-3-6-19(21)20-16-18(9-10-22(20)27)17-25-11-13-26(14-12-25)24(28)23-8-5-15-29-23/h3-10,15-16H,2,11-14,17H2,1H3. The van der Waals surface area contributed by atoms with Gasteiger partial charge in [-0.05, 0) is 42.1 Å². The Hall–Kier alpha value is -2.63. The van der Waals surface area contributed by atoms with Gasteiger partial charge in [-0.15, -0.1) is 11.3 Å². The van der Waals surface area contributed by atoms with E-state index < -0.39 is 0 Å². The maximum absolute atomic E-state index is 12.5. The third-order valence-corrected chi connectivity index (χ3v) is 6.81. The number of rotatable bonds is 4. The van der Waals surface area contributed by atoms with Gasteiger partial charge >= 0.3 is 0 Å². The molecule has 29 heavy (non-hydrogen) atoms. The van der Waals surface area contributed by atoms with Crippen molar-refractivity contribution in [3.8, 4) is 0 Å². The molecular formula is C24H25N3OS. The van der Waals surface area contributed by atoms with Crippen LogP contribution in [0.25, 0.3) is 21.8 Å². The average molecular weight is 404 g/mol. The summed E-state index contributed by atoms with van der Waals surface area (Å²) < 4.78 is 2.39. The molecule has 0 atom stereocenters. The van der Waals surface area contributed by atoms with E-state index in [1.807, 2.05) is 22.4 Å². The lowest BCUT2D eigenvalue weighted by atomic mass is 10.1. The number of hydrogen-bond acceptors (Lipinski definition) is 3. The number of fused-ring (bicyclic) bond motifs is 3. The molecule has 2 aromatic carbocycles. The van der Waals surface area contributed by atoms with Gasteiger partial charge in [0.15, 0.2) is 0 Å². The van der Waals surface area contributed by atoms with Crippen LogP contribution in [0.1, 0.15) is 22.2 Å². The second-order valence-corrected chi connectivity index (χ2v) is 8.61. The molecule has 0 unspecified atom stereocenters. The highest BCUT2D eigenvalue weighted by molar-refractivity contribution is 7.12. The van der Waals surface area contributed by atoms with Crippen molar-refractivity contribution < 1.29 is 4.79 Å². The Morgan fingerprint density at radius 2 is 1.72 bits per heavy atom. The van der Waals surface area contributed by atoms with E-state index in [0.29, 0.717) is 0 Å². The molecule has 3 heterocycles. The molecule has 4 nitrogen and oxygen atoms in total. The molecule has 2 aromatic heterocycles. The molecule has 0 spiro atoms. The van der Waals surface area contributed by atoms with Crippen molar-refractivity contribution in [2.75, 3.05) is 26.2 Å². The van der Waals surface area contributed by atoms with Crippen molar-refractivity contribution in [3.63, 3.8) is 0 Å². The summed E-state index contributed by atoms with van der Waals surface area (Å²) in [6, 6.07) is 19.4. The van der Waals surface area contributed by atoms with E-state index in [9.17, 15) is 4.79 Å². The molecule has 0 aliphatic carbocycles. The van der Waals surface area contributed by atoms with E-state index in [1.54, 1.807) is 0 Å². The number of para-hydroxylation sites is 1. The number of amides is 1. The summed E-state index contributed by atoms with van der Waals surface area (Å²) in [6.45, 7) is 7.56. The van der Waals surface area contributed by atoms with E-state index in [2.05, 4.69) is 58.9 Å². The van der Waals surface area contributed by atoms with Gasteiger partial charge in [0.1, 0.15) is 0 Å². The van der Waals surface area contributed by atoms with Gasteiger partial charge in [0.05, 0.1) is 4.88 Å². The lowest BCUT2D eigenvalue weighted by molar-refractivity contribution is 0.0633. The summed E-state index contributed by atoms with van der Waals surface area (Å²) in [4.78, 5) is 17.8. The molecule has 5 rings (SSSR count). The Morgan fingerprint density at radius 3 is 2.48 bits per heavy atom. The Morgan fingerprint density at radius 1 is 0.931 bits per heavy atom. The predicted octanol–water partition coefficient (Wildman–Crippen LogP) is 4.83. The largest absolute Gasteiger partial charge is 0.341 e. The third kappa shape index (κ3) is 3.34. The predicted molar refractivity (Wildman–Crippen MR) is 121 cm³/mol. The number of piperazine rings is 1. The zero-order valence-electron chi connectivity index (χ0n) is 16.7. The smallest absolute Gasteiger partial charge is 0.264 e. The summed E-state index contributed by atoms with van der Waals surface area (Å²) in [5.74, 6) is 0.174. The summed E-state index contributed by atoms with van der Waals surface area (Å²) in [6.07, 6.45) is 0. The molecule has 148 valence electrons. The maximum atomic E-state index is 12.5. The molecule has 0 radical (unpaired) electrons. The first kappa shape index (κ1) is 18.4. The molecule has 1 aliphatic rings. The molecule has 0 bridgehead atoms. The summed E-state index contributed by atoms with van der Waals surface area (Å²) >= 11 is 1.53. The minimum atomic E-state index is 0.174. The molecule has 4 aromatic rings. The molecule has 0 N–H and O–H groups in total. The van der Waals surface area contributed by atoms with Crippen LogP contribution in [-0.4, -0.2) is 46.5 Å². The number of carbonyl (C=O) groups is 1. The van der Waals surface area contributed by atoms with E-state index in [1.165, 1.54) is 38.7 Å². The number of aryl methyl sites for hydroxylation is 1. The van der Waals surface area contributed by atoms with Crippen molar-refractivity contribution in [3.05, 3.63) is 70.4 Å². The van der Waals surface area contributed by atoms with Crippen molar-refractivity contribution in [1.82, 2.24) is 14.4 Å². The van der Waals surface area contributed by atoms with Crippen molar-refractivity contribution in [1.29, 1.82) is 0 Å². The molecule has 1 amide bonds. The van der Waals surface area contributed by atoms with Gasteiger partial charge in [-0.25, -0.2) is 0 Å². The van der Waals surface area contributed by atoms with Crippen LogP contribution >= 0.6 is 11.3 Å². The quantitative estimate of drug-likeness (QED) is 0.488. The van der Waals surface area contributed by atoms with Gasteiger partial charge in [-0.3, -0.25) is 9.69 Å². The van der Waals surface area contributed by atoms with Crippen LogP contribution in [-0.2, 0) is 13.1 Å². The highest BCUT2D eigenvalue weighted by Crippen LogP contribution is 2.30. The molecule has 5 heteroatoms. The van der Waals surface area contributed by atoms with Gasteiger partial charge in [0.2, 0.25) is 0 Å². The summed E-state index contributed by atoms with van der Waals surface area (Å²) in [7, 11) is 0. The van der Waals surface area contributed by atoms with Gasteiger partial charge < -0.3 is 9.47 Å². The lowest BCUT2D eigenvalue weighted by Crippen LogP contribution is -2.48. The number of carbonyl (C=O) groups excluding carboxylic acids is 1. The topological polar surface area (TPSA) is 28.5 Å².